The minimum absolute atomic E-state index is 0.0987. The lowest BCUT2D eigenvalue weighted by molar-refractivity contribution is 0.212. The van der Waals surface area contributed by atoms with Gasteiger partial charge in [-0.25, -0.2) is 8.78 Å². The van der Waals surface area contributed by atoms with Gasteiger partial charge in [-0.05, 0) is 32.1 Å². The molecule has 5 heteroatoms. The topological polar surface area (TPSA) is 32.5 Å². The average Bonchev–Trinajstić information content (AvgIpc) is 2.76. The second kappa shape index (κ2) is 6.16. The summed E-state index contributed by atoms with van der Waals surface area (Å²) in [4.78, 5) is 4.26. The lowest BCUT2D eigenvalue weighted by Gasteiger charge is -2.28. The molecule has 1 heterocycles. The number of benzene rings is 1. The van der Waals surface area contributed by atoms with Gasteiger partial charge in [0.1, 0.15) is 11.6 Å². The second-order valence-corrected chi connectivity index (χ2v) is 5.85. The number of hydrogen-bond donors (Lipinski definition) is 1. The molecule has 0 spiro atoms. The van der Waals surface area contributed by atoms with E-state index in [1.54, 1.807) is 0 Å². The highest BCUT2D eigenvalue weighted by Crippen LogP contribution is 2.31. The molecule has 2 N–H and O–H groups in total. The molecule has 0 bridgehead atoms. The van der Waals surface area contributed by atoms with Crippen LogP contribution in [0.25, 0.3) is 0 Å². The molecule has 3 atom stereocenters. The Morgan fingerprint density at radius 3 is 2.35 bits per heavy atom. The van der Waals surface area contributed by atoms with Crippen LogP contribution >= 0.6 is 0 Å². The van der Waals surface area contributed by atoms with Crippen LogP contribution in [0.15, 0.2) is 18.2 Å². The normalized spacial score (nSPS) is 25.4. The van der Waals surface area contributed by atoms with Gasteiger partial charge in [-0.3, -0.25) is 4.90 Å². The van der Waals surface area contributed by atoms with Gasteiger partial charge in [-0.15, -0.1) is 0 Å². The molecule has 0 amide bonds. The summed E-state index contributed by atoms with van der Waals surface area (Å²) in [5.41, 5.74) is 5.90. The summed E-state index contributed by atoms with van der Waals surface area (Å²) in [7, 11) is 4.07. The highest BCUT2D eigenvalue weighted by Gasteiger charge is 2.36. The molecule has 0 aliphatic carbocycles. The van der Waals surface area contributed by atoms with E-state index in [-0.39, 0.29) is 12.1 Å². The summed E-state index contributed by atoms with van der Waals surface area (Å²) in [5.74, 6) is -0.573. The van der Waals surface area contributed by atoms with E-state index in [0.717, 1.165) is 13.1 Å². The van der Waals surface area contributed by atoms with Crippen LogP contribution < -0.4 is 5.73 Å². The number of rotatable bonds is 4. The fourth-order valence-electron chi connectivity index (χ4n) is 3.19. The van der Waals surface area contributed by atoms with Crippen molar-refractivity contribution in [1.82, 2.24) is 9.80 Å². The smallest absolute Gasteiger partial charge is 0.130 e. The SMILES string of the molecule is CC1CN(C(CN)c2c(F)cccc2F)CC1N(C)C. The molecule has 1 saturated heterocycles. The van der Waals surface area contributed by atoms with Crippen LogP contribution in [0, 0.1) is 17.6 Å². The molecule has 2 rings (SSSR count). The molecule has 20 heavy (non-hydrogen) atoms. The van der Waals surface area contributed by atoms with E-state index in [9.17, 15) is 8.78 Å². The van der Waals surface area contributed by atoms with Gasteiger partial charge in [0.2, 0.25) is 0 Å². The van der Waals surface area contributed by atoms with Gasteiger partial charge >= 0.3 is 0 Å². The van der Waals surface area contributed by atoms with Crippen molar-refractivity contribution in [2.45, 2.75) is 19.0 Å². The molecule has 1 aromatic rings. The van der Waals surface area contributed by atoms with E-state index in [4.69, 9.17) is 5.73 Å². The van der Waals surface area contributed by atoms with Crippen molar-refractivity contribution >= 4 is 0 Å². The second-order valence-electron chi connectivity index (χ2n) is 5.85. The van der Waals surface area contributed by atoms with E-state index in [1.807, 2.05) is 14.1 Å². The summed E-state index contributed by atoms with van der Waals surface area (Å²) in [6, 6.07) is 3.97. The first-order chi connectivity index (χ1) is 9.45. The number of hydrogen-bond acceptors (Lipinski definition) is 3. The number of nitrogens with zero attached hydrogens (tertiary/aromatic N) is 2. The Labute approximate surface area is 119 Å². The molecular formula is C15H23F2N3. The molecule has 0 aromatic heterocycles. The molecule has 1 aliphatic heterocycles. The Bertz CT molecular complexity index is 444. The average molecular weight is 283 g/mol. The molecule has 3 unspecified atom stereocenters. The zero-order valence-electron chi connectivity index (χ0n) is 12.3. The monoisotopic (exact) mass is 283 g/mol. The number of halogens is 2. The van der Waals surface area contributed by atoms with Gasteiger partial charge in [-0.1, -0.05) is 13.0 Å². The highest BCUT2D eigenvalue weighted by molar-refractivity contribution is 5.24. The predicted octanol–water partition coefficient (Wildman–Crippen LogP) is 1.85. The van der Waals surface area contributed by atoms with Crippen LogP contribution in [-0.4, -0.2) is 49.6 Å². The highest BCUT2D eigenvalue weighted by atomic mass is 19.1. The number of likely N-dealkylation sites (tertiary alicyclic amines) is 1. The summed E-state index contributed by atoms with van der Waals surface area (Å²) < 4.78 is 27.9. The van der Waals surface area contributed by atoms with E-state index >= 15 is 0 Å². The maximum atomic E-state index is 14.0. The first-order valence-corrected chi connectivity index (χ1v) is 7.00. The minimum Gasteiger partial charge on any atom is -0.329 e. The maximum Gasteiger partial charge on any atom is 0.130 e. The van der Waals surface area contributed by atoms with Crippen LogP contribution in [-0.2, 0) is 0 Å². The van der Waals surface area contributed by atoms with Gasteiger partial charge in [0.25, 0.3) is 0 Å². The van der Waals surface area contributed by atoms with Crippen molar-refractivity contribution in [3.05, 3.63) is 35.4 Å². The molecule has 0 radical (unpaired) electrons. The lowest BCUT2D eigenvalue weighted by atomic mass is 10.0. The molecular weight excluding hydrogens is 260 g/mol. The Kier molecular flexibility index (Phi) is 4.73. The van der Waals surface area contributed by atoms with E-state index in [0.29, 0.717) is 12.0 Å². The Morgan fingerprint density at radius 1 is 1.30 bits per heavy atom. The Morgan fingerprint density at radius 2 is 1.90 bits per heavy atom. The van der Waals surface area contributed by atoms with Crippen LogP contribution in [0.2, 0.25) is 0 Å². The van der Waals surface area contributed by atoms with Crippen LogP contribution in [0.5, 0.6) is 0 Å². The third kappa shape index (κ3) is 2.85. The molecule has 1 fully saturated rings. The quantitative estimate of drug-likeness (QED) is 0.915. The molecule has 1 aliphatic rings. The molecule has 112 valence electrons. The summed E-state index contributed by atoms with van der Waals surface area (Å²) >= 11 is 0. The first-order valence-electron chi connectivity index (χ1n) is 7.00. The van der Waals surface area contributed by atoms with Crippen LogP contribution in [0.3, 0.4) is 0 Å². The van der Waals surface area contributed by atoms with Crippen LogP contribution in [0.4, 0.5) is 8.78 Å². The largest absolute Gasteiger partial charge is 0.329 e. The first kappa shape index (κ1) is 15.4. The third-order valence-corrected chi connectivity index (χ3v) is 4.26. The van der Waals surface area contributed by atoms with E-state index < -0.39 is 17.7 Å². The van der Waals surface area contributed by atoms with Crippen molar-refractivity contribution < 1.29 is 8.78 Å². The van der Waals surface area contributed by atoms with Crippen molar-refractivity contribution in [1.29, 1.82) is 0 Å². The summed E-state index contributed by atoms with van der Waals surface area (Å²) in [6.45, 7) is 3.96. The van der Waals surface area contributed by atoms with Gasteiger partial charge in [0, 0.05) is 31.2 Å². The Balaban J connectivity index is 2.26. The van der Waals surface area contributed by atoms with E-state index in [2.05, 4.69) is 16.7 Å². The lowest BCUT2D eigenvalue weighted by Crippen LogP contribution is -2.37. The fourth-order valence-corrected chi connectivity index (χ4v) is 3.19. The molecule has 1 aromatic carbocycles. The Hall–Kier alpha value is -1.04. The third-order valence-electron chi connectivity index (χ3n) is 4.26. The fraction of sp³-hybridized carbons (Fsp3) is 0.600. The minimum atomic E-state index is -0.513. The maximum absolute atomic E-state index is 14.0. The molecule has 0 saturated carbocycles. The summed E-state index contributed by atoms with van der Waals surface area (Å²) in [5, 5.41) is 0. The zero-order chi connectivity index (χ0) is 14.9. The van der Waals surface area contributed by atoms with E-state index in [1.165, 1.54) is 18.2 Å². The van der Waals surface area contributed by atoms with Gasteiger partial charge in [-0.2, -0.15) is 0 Å². The standard InChI is InChI=1S/C15H23F2N3/c1-10-8-20(9-14(10)19(2)3)13(7-18)15-11(16)5-4-6-12(15)17/h4-6,10,13-14H,7-9,18H2,1-3H3. The predicted molar refractivity (Wildman–Crippen MR) is 76.4 cm³/mol. The van der Waals surface area contributed by atoms with Crippen molar-refractivity contribution in [2.75, 3.05) is 33.7 Å². The van der Waals surface area contributed by atoms with Crippen molar-refractivity contribution in [2.24, 2.45) is 11.7 Å². The van der Waals surface area contributed by atoms with Gasteiger partial charge in [0.15, 0.2) is 0 Å². The molecule has 3 nitrogen and oxygen atoms in total. The van der Waals surface area contributed by atoms with Gasteiger partial charge in [0.05, 0.1) is 6.04 Å². The van der Waals surface area contributed by atoms with Crippen molar-refractivity contribution in [3.63, 3.8) is 0 Å². The number of likely N-dealkylation sites (N-methyl/N-ethyl adjacent to an activating group) is 1. The van der Waals surface area contributed by atoms with Gasteiger partial charge < -0.3 is 10.6 Å². The van der Waals surface area contributed by atoms with Crippen LogP contribution in [0.1, 0.15) is 18.5 Å². The zero-order valence-corrected chi connectivity index (χ0v) is 12.3. The summed E-state index contributed by atoms with van der Waals surface area (Å²) in [6.07, 6.45) is 0. The van der Waals surface area contributed by atoms with Crippen molar-refractivity contribution in [3.8, 4) is 0 Å². The number of nitrogens with two attached hydrogens (primary N) is 1.